The van der Waals surface area contributed by atoms with Crippen molar-refractivity contribution >= 4 is 78.3 Å². The van der Waals surface area contributed by atoms with Crippen LogP contribution >= 0.6 is 50.7 Å². The third-order valence-corrected chi connectivity index (χ3v) is 8.78. The molecule has 3 aromatic carbocycles. The molecule has 0 aliphatic carbocycles. The number of hydrogen-bond acceptors (Lipinski definition) is 4. The van der Waals surface area contributed by atoms with Gasteiger partial charge in [0.15, 0.2) is 0 Å². The van der Waals surface area contributed by atoms with Gasteiger partial charge in [-0.05, 0) is 41.3 Å². The lowest BCUT2D eigenvalue weighted by molar-refractivity contribution is -0.140. The van der Waals surface area contributed by atoms with Crippen LogP contribution in [0.1, 0.15) is 25.0 Å². The van der Waals surface area contributed by atoms with Gasteiger partial charge in [-0.15, -0.1) is 0 Å². The van der Waals surface area contributed by atoms with E-state index in [4.69, 9.17) is 34.8 Å². The fraction of sp³-hybridized carbons (Fsp3) is 0.310. The first-order valence-corrected chi connectivity index (χ1v) is 16.5. The van der Waals surface area contributed by atoms with E-state index < -0.39 is 28.5 Å². The molecule has 0 saturated heterocycles. The predicted molar refractivity (Wildman–Crippen MR) is 170 cm³/mol. The number of rotatable bonds is 12. The van der Waals surface area contributed by atoms with Crippen molar-refractivity contribution in [1.82, 2.24) is 10.2 Å². The van der Waals surface area contributed by atoms with E-state index in [9.17, 15) is 18.0 Å². The molecule has 1 N–H and O–H groups in total. The number of hydrogen-bond donors (Lipinski definition) is 1. The molecular formula is C29H31BrCl3N3O4S. The first-order valence-electron chi connectivity index (χ1n) is 12.7. The highest BCUT2D eigenvalue weighted by Gasteiger charge is 2.33. The Balaban J connectivity index is 2.09. The Morgan fingerprint density at radius 1 is 0.902 bits per heavy atom. The minimum Gasteiger partial charge on any atom is -0.354 e. The highest BCUT2D eigenvalue weighted by Crippen LogP contribution is 2.35. The number of nitrogens with zero attached hydrogens (tertiary/aromatic N) is 2. The second kappa shape index (κ2) is 14.7. The van der Waals surface area contributed by atoms with Crippen LogP contribution in [0.2, 0.25) is 15.1 Å². The monoisotopic (exact) mass is 701 g/mol. The summed E-state index contributed by atoms with van der Waals surface area (Å²) in [4.78, 5) is 29.2. The van der Waals surface area contributed by atoms with Gasteiger partial charge in [0.25, 0.3) is 0 Å². The van der Waals surface area contributed by atoms with Crippen molar-refractivity contribution < 1.29 is 18.0 Å². The molecule has 2 amide bonds. The van der Waals surface area contributed by atoms with Crippen molar-refractivity contribution in [2.24, 2.45) is 5.92 Å². The van der Waals surface area contributed by atoms with E-state index in [2.05, 4.69) is 21.2 Å². The average Bonchev–Trinajstić information content (AvgIpc) is 2.90. The number of carbonyl (C=O) groups excluding carboxylic acids is 2. The van der Waals surface area contributed by atoms with Crippen molar-refractivity contribution in [3.05, 3.63) is 97.4 Å². The summed E-state index contributed by atoms with van der Waals surface area (Å²) in [6, 6.07) is 18.4. The van der Waals surface area contributed by atoms with E-state index in [1.54, 1.807) is 0 Å². The lowest BCUT2D eigenvalue weighted by Crippen LogP contribution is -2.53. The molecule has 0 spiro atoms. The lowest BCUT2D eigenvalue weighted by Gasteiger charge is -2.34. The summed E-state index contributed by atoms with van der Waals surface area (Å²) in [5, 5.41) is 3.17. The molecule has 0 saturated carbocycles. The molecule has 0 aliphatic rings. The average molecular weight is 704 g/mol. The number of sulfonamides is 1. The Kier molecular flexibility index (Phi) is 11.9. The maximum atomic E-state index is 14.1. The maximum absolute atomic E-state index is 14.1. The molecular weight excluding hydrogens is 673 g/mol. The van der Waals surface area contributed by atoms with E-state index in [0.717, 1.165) is 26.2 Å². The molecule has 0 bridgehead atoms. The van der Waals surface area contributed by atoms with Crippen molar-refractivity contribution in [3.63, 3.8) is 0 Å². The fourth-order valence-electron chi connectivity index (χ4n) is 4.11. The highest BCUT2D eigenvalue weighted by atomic mass is 79.9. The molecule has 1 atom stereocenters. The summed E-state index contributed by atoms with van der Waals surface area (Å²) < 4.78 is 27.6. The Morgan fingerprint density at radius 3 is 2.15 bits per heavy atom. The minimum atomic E-state index is -4.01. The number of anilines is 1. The van der Waals surface area contributed by atoms with Gasteiger partial charge >= 0.3 is 0 Å². The normalized spacial score (nSPS) is 12.2. The van der Waals surface area contributed by atoms with Crippen LogP contribution < -0.4 is 9.62 Å². The van der Waals surface area contributed by atoms with Crippen LogP contribution in [0.5, 0.6) is 0 Å². The van der Waals surface area contributed by atoms with Gasteiger partial charge in [0, 0.05) is 24.0 Å². The van der Waals surface area contributed by atoms with E-state index in [0.29, 0.717) is 6.54 Å². The quantitative estimate of drug-likeness (QED) is 0.216. The van der Waals surface area contributed by atoms with E-state index in [-0.39, 0.29) is 45.5 Å². The summed E-state index contributed by atoms with van der Waals surface area (Å²) in [6.07, 6.45) is 1.19. The van der Waals surface area contributed by atoms with Crippen LogP contribution in [0.4, 0.5) is 5.69 Å². The van der Waals surface area contributed by atoms with Crippen LogP contribution in [0, 0.1) is 5.92 Å². The van der Waals surface area contributed by atoms with Crippen molar-refractivity contribution in [2.45, 2.75) is 32.9 Å². The predicted octanol–water partition coefficient (Wildman–Crippen LogP) is 6.59. The molecule has 220 valence electrons. The van der Waals surface area contributed by atoms with E-state index in [1.807, 2.05) is 68.4 Å². The largest absolute Gasteiger partial charge is 0.354 e. The first kappa shape index (κ1) is 33.2. The SMILES string of the molecule is CC(C)CNC(=O)C(Cc1ccccc1)N(Cc1cccc(Br)c1)C(=O)CN(c1cc(Cl)c(Cl)cc1Cl)S(C)(=O)=O. The van der Waals surface area contributed by atoms with Crippen molar-refractivity contribution in [3.8, 4) is 0 Å². The van der Waals surface area contributed by atoms with Crippen LogP contribution in [-0.4, -0.2) is 50.5 Å². The van der Waals surface area contributed by atoms with Gasteiger partial charge in [-0.1, -0.05) is 107 Å². The molecule has 0 fully saturated rings. The highest BCUT2D eigenvalue weighted by molar-refractivity contribution is 9.10. The summed E-state index contributed by atoms with van der Waals surface area (Å²) in [5.41, 5.74) is 1.60. The number of nitrogens with one attached hydrogen (secondary N) is 1. The first-order chi connectivity index (χ1) is 19.3. The summed E-state index contributed by atoms with van der Waals surface area (Å²) in [5.74, 6) is -0.759. The van der Waals surface area contributed by atoms with Gasteiger partial charge in [-0.2, -0.15) is 0 Å². The van der Waals surface area contributed by atoms with Crippen molar-refractivity contribution in [1.29, 1.82) is 0 Å². The second-order valence-corrected chi connectivity index (χ2v) is 14.0. The molecule has 1 unspecified atom stereocenters. The molecule has 0 aliphatic heterocycles. The van der Waals surface area contributed by atoms with Gasteiger partial charge < -0.3 is 10.2 Å². The topological polar surface area (TPSA) is 86.8 Å². The van der Waals surface area contributed by atoms with Gasteiger partial charge in [0.1, 0.15) is 12.6 Å². The summed E-state index contributed by atoms with van der Waals surface area (Å²) in [7, 11) is -4.01. The smallest absolute Gasteiger partial charge is 0.244 e. The molecule has 0 radical (unpaired) electrons. The second-order valence-electron chi connectivity index (χ2n) is 9.98. The Labute approximate surface area is 264 Å². The Hall–Kier alpha value is -2.30. The van der Waals surface area contributed by atoms with Crippen LogP contribution in [-0.2, 0) is 32.6 Å². The number of amides is 2. The van der Waals surface area contributed by atoms with Gasteiger partial charge in [0.05, 0.1) is 27.0 Å². The summed E-state index contributed by atoms with van der Waals surface area (Å²) in [6.45, 7) is 3.80. The zero-order valence-corrected chi connectivity index (χ0v) is 27.5. The van der Waals surface area contributed by atoms with Gasteiger partial charge in [0.2, 0.25) is 21.8 Å². The summed E-state index contributed by atoms with van der Waals surface area (Å²) >= 11 is 22.1. The van der Waals surface area contributed by atoms with E-state index >= 15 is 0 Å². The molecule has 41 heavy (non-hydrogen) atoms. The lowest BCUT2D eigenvalue weighted by atomic mass is 10.0. The molecule has 12 heteroatoms. The molecule has 3 rings (SSSR count). The fourth-order valence-corrected chi connectivity index (χ4v) is 6.10. The zero-order valence-electron chi connectivity index (χ0n) is 22.8. The van der Waals surface area contributed by atoms with E-state index in [1.165, 1.54) is 17.0 Å². The molecule has 0 aromatic heterocycles. The van der Waals surface area contributed by atoms with Gasteiger partial charge in [-0.25, -0.2) is 8.42 Å². The number of benzene rings is 3. The zero-order chi connectivity index (χ0) is 30.3. The third kappa shape index (κ3) is 9.61. The van der Waals surface area contributed by atoms with Crippen LogP contribution in [0.25, 0.3) is 0 Å². The molecule has 0 heterocycles. The molecule has 7 nitrogen and oxygen atoms in total. The standard InChI is InChI=1S/C29H31BrCl3N3O4S/c1-19(2)16-34-29(38)27(13-20-8-5-4-6-9-20)35(17-21-10-7-11-22(30)12-21)28(37)18-36(41(3,39)40)26-15-24(32)23(31)14-25(26)33/h4-12,14-15,19,27H,13,16-18H2,1-3H3,(H,34,38). The Bertz CT molecular complexity index is 1490. The maximum Gasteiger partial charge on any atom is 0.244 e. The number of carbonyl (C=O) groups is 2. The molecule has 3 aromatic rings. The van der Waals surface area contributed by atoms with Gasteiger partial charge in [-0.3, -0.25) is 13.9 Å². The minimum absolute atomic E-state index is 0.00295. The van der Waals surface area contributed by atoms with Crippen LogP contribution in [0.3, 0.4) is 0 Å². The Morgan fingerprint density at radius 2 is 1.54 bits per heavy atom. The third-order valence-electron chi connectivity index (χ3n) is 6.14. The number of halogens is 4. The van der Waals surface area contributed by atoms with Crippen LogP contribution in [0.15, 0.2) is 71.2 Å². The van der Waals surface area contributed by atoms with Crippen molar-refractivity contribution in [2.75, 3.05) is 23.7 Å².